The number of aryl methyl sites for hydroxylation is 1. The Morgan fingerprint density at radius 2 is 2.53 bits per heavy atom. The number of carbonyl (C=O) groups excluding carboxylic acids is 1. The number of nitrogens with zero attached hydrogens (tertiary/aromatic N) is 2. The van der Waals surface area contributed by atoms with Crippen LogP contribution in [-0.4, -0.2) is 42.9 Å². The van der Waals surface area contributed by atoms with Crippen LogP contribution in [0.1, 0.15) is 36.8 Å². The highest BCUT2D eigenvalue weighted by Crippen LogP contribution is 2.32. The molecule has 1 aliphatic heterocycles. The molecule has 0 saturated carbocycles. The average Bonchev–Trinajstić information content (AvgIpc) is 3.02. The Labute approximate surface area is 113 Å². The molecule has 19 heavy (non-hydrogen) atoms. The number of aromatic nitrogens is 1. The van der Waals surface area contributed by atoms with Crippen LogP contribution in [0.4, 0.5) is 4.79 Å². The van der Waals surface area contributed by atoms with Crippen LogP contribution in [0.5, 0.6) is 0 Å². The van der Waals surface area contributed by atoms with E-state index in [1.54, 1.807) is 7.11 Å². The molecule has 2 rings (SSSR count). The Bertz CT molecular complexity index is 419. The molecule has 1 atom stereocenters. The molecule has 6 heteroatoms. The molecule has 0 radical (unpaired) electrons. The Balaban J connectivity index is 1.89. The van der Waals surface area contributed by atoms with Crippen molar-refractivity contribution >= 4 is 6.03 Å². The zero-order valence-corrected chi connectivity index (χ0v) is 11.5. The van der Waals surface area contributed by atoms with Gasteiger partial charge in [-0.2, -0.15) is 0 Å². The van der Waals surface area contributed by atoms with Crippen molar-refractivity contribution in [2.75, 3.05) is 26.8 Å². The maximum atomic E-state index is 12.1. The summed E-state index contributed by atoms with van der Waals surface area (Å²) in [7, 11) is 1.66. The lowest BCUT2D eigenvalue weighted by atomic mass is 10.1. The zero-order chi connectivity index (χ0) is 13.7. The minimum atomic E-state index is -0.0346. The van der Waals surface area contributed by atoms with Crippen LogP contribution in [-0.2, 0) is 4.74 Å². The maximum absolute atomic E-state index is 12.1. The van der Waals surface area contributed by atoms with Crippen molar-refractivity contribution < 1.29 is 14.1 Å². The van der Waals surface area contributed by atoms with Gasteiger partial charge in [0.05, 0.1) is 11.7 Å². The lowest BCUT2D eigenvalue weighted by Gasteiger charge is -2.22. The van der Waals surface area contributed by atoms with E-state index < -0.39 is 0 Å². The molecule has 0 bridgehead atoms. The predicted octanol–water partition coefficient (Wildman–Crippen LogP) is 1.87. The SMILES string of the molecule is COCCCNC(=O)N1CCCC1c1cc(C)no1. The molecular weight excluding hydrogens is 246 g/mol. The third-order valence-corrected chi connectivity index (χ3v) is 3.29. The summed E-state index contributed by atoms with van der Waals surface area (Å²) >= 11 is 0. The molecule has 1 saturated heterocycles. The zero-order valence-electron chi connectivity index (χ0n) is 11.5. The summed E-state index contributed by atoms with van der Waals surface area (Å²) < 4.78 is 10.2. The van der Waals surface area contributed by atoms with Crippen LogP contribution in [0.15, 0.2) is 10.6 Å². The largest absolute Gasteiger partial charge is 0.385 e. The molecule has 0 aliphatic carbocycles. The van der Waals surface area contributed by atoms with Gasteiger partial charge in [-0.3, -0.25) is 0 Å². The highest BCUT2D eigenvalue weighted by Gasteiger charge is 2.32. The number of urea groups is 1. The van der Waals surface area contributed by atoms with Crippen LogP contribution in [0.2, 0.25) is 0 Å². The van der Waals surface area contributed by atoms with Gasteiger partial charge in [-0.05, 0) is 26.2 Å². The summed E-state index contributed by atoms with van der Waals surface area (Å²) in [4.78, 5) is 13.9. The van der Waals surface area contributed by atoms with Crippen molar-refractivity contribution in [3.8, 4) is 0 Å². The van der Waals surface area contributed by atoms with Crippen molar-refractivity contribution in [2.45, 2.75) is 32.2 Å². The van der Waals surface area contributed by atoms with Gasteiger partial charge in [0, 0.05) is 32.9 Å². The van der Waals surface area contributed by atoms with Crippen molar-refractivity contribution in [2.24, 2.45) is 0 Å². The monoisotopic (exact) mass is 267 g/mol. The molecule has 1 N–H and O–H groups in total. The quantitative estimate of drug-likeness (QED) is 0.827. The standard InChI is InChI=1S/C13H21N3O3/c1-10-9-12(19-15-10)11-5-3-7-16(11)13(17)14-6-4-8-18-2/h9,11H,3-8H2,1-2H3,(H,14,17). The predicted molar refractivity (Wildman–Crippen MR) is 69.8 cm³/mol. The van der Waals surface area contributed by atoms with E-state index in [0.29, 0.717) is 13.2 Å². The van der Waals surface area contributed by atoms with E-state index in [1.807, 2.05) is 17.9 Å². The van der Waals surface area contributed by atoms with Gasteiger partial charge < -0.3 is 19.5 Å². The first-order chi connectivity index (χ1) is 9.22. The van der Waals surface area contributed by atoms with Gasteiger partial charge in [-0.1, -0.05) is 5.16 Å². The number of carbonyl (C=O) groups is 1. The van der Waals surface area contributed by atoms with Gasteiger partial charge in [-0.15, -0.1) is 0 Å². The third-order valence-electron chi connectivity index (χ3n) is 3.29. The van der Waals surface area contributed by atoms with Crippen molar-refractivity contribution in [3.63, 3.8) is 0 Å². The average molecular weight is 267 g/mol. The minimum Gasteiger partial charge on any atom is -0.385 e. The molecular formula is C13H21N3O3. The van der Waals surface area contributed by atoms with Gasteiger partial charge in [-0.25, -0.2) is 4.79 Å². The molecule has 1 aromatic rings. The highest BCUT2D eigenvalue weighted by atomic mass is 16.5. The van der Waals surface area contributed by atoms with Crippen molar-refractivity contribution in [3.05, 3.63) is 17.5 Å². The summed E-state index contributed by atoms with van der Waals surface area (Å²) in [5.74, 6) is 0.780. The molecule has 1 aromatic heterocycles. The number of amides is 2. The lowest BCUT2D eigenvalue weighted by Crippen LogP contribution is -2.40. The number of methoxy groups -OCH3 is 1. The van der Waals surface area contributed by atoms with Crippen LogP contribution in [0.3, 0.4) is 0 Å². The summed E-state index contributed by atoms with van der Waals surface area (Å²) in [5, 5.41) is 6.80. The van der Waals surface area contributed by atoms with E-state index >= 15 is 0 Å². The fourth-order valence-electron chi connectivity index (χ4n) is 2.36. The summed E-state index contributed by atoms with van der Waals surface area (Å²) in [6.07, 6.45) is 2.75. The summed E-state index contributed by atoms with van der Waals surface area (Å²) in [5.41, 5.74) is 0.849. The smallest absolute Gasteiger partial charge is 0.318 e. The summed E-state index contributed by atoms with van der Waals surface area (Å²) in [6, 6.07) is 1.89. The summed E-state index contributed by atoms with van der Waals surface area (Å²) in [6.45, 7) is 3.94. The normalized spacial score (nSPS) is 18.8. The second-order valence-electron chi connectivity index (χ2n) is 4.80. The first-order valence-corrected chi connectivity index (χ1v) is 6.69. The fraction of sp³-hybridized carbons (Fsp3) is 0.692. The highest BCUT2D eigenvalue weighted by molar-refractivity contribution is 5.74. The second kappa shape index (κ2) is 6.56. The van der Waals surface area contributed by atoms with Gasteiger partial charge in [0.15, 0.2) is 5.76 Å². The molecule has 106 valence electrons. The number of hydrogen-bond donors (Lipinski definition) is 1. The lowest BCUT2D eigenvalue weighted by molar-refractivity contribution is 0.176. The van der Waals surface area contributed by atoms with Gasteiger partial charge in [0.25, 0.3) is 0 Å². The van der Waals surface area contributed by atoms with E-state index in [1.165, 1.54) is 0 Å². The Morgan fingerprint density at radius 3 is 3.21 bits per heavy atom. The molecule has 1 aliphatic rings. The molecule has 0 aromatic carbocycles. The van der Waals surface area contributed by atoms with E-state index in [4.69, 9.17) is 9.26 Å². The molecule has 2 amide bonds. The van der Waals surface area contributed by atoms with E-state index in [2.05, 4.69) is 10.5 Å². The van der Waals surface area contributed by atoms with Crippen LogP contribution >= 0.6 is 0 Å². The first kappa shape index (κ1) is 13.9. The second-order valence-corrected chi connectivity index (χ2v) is 4.80. The Hall–Kier alpha value is -1.56. The number of rotatable bonds is 5. The van der Waals surface area contributed by atoms with Gasteiger partial charge >= 0.3 is 6.03 Å². The Kier molecular flexibility index (Phi) is 4.79. The molecule has 0 spiro atoms. The molecule has 6 nitrogen and oxygen atoms in total. The maximum Gasteiger partial charge on any atom is 0.318 e. The fourth-order valence-corrected chi connectivity index (χ4v) is 2.36. The number of hydrogen-bond acceptors (Lipinski definition) is 4. The molecule has 2 heterocycles. The van der Waals surface area contributed by atoms with E-state index in [-0.39, 0.29) is 12.1 Å². The van der Waals surface area contributed by atoms with Crippen molar-refractivity contribution in [1.29, 1.82) is 0 Å². The first-order valence-electron chi connectivity index (χ1n) is 6.69. The van der Waals surface area contributed by atoms with Crippen LogP contribution in [0.25, 0.3) is 0 Å². The van der Waals surface area contributed by atoms with Gasteiger partial charge in [0.1, 0.15) is 0 Å². The topological polar surface area (TPSA) is 67.6 Å². The van der Waals surface area contributed by atoms with E-state index in [9.17, 15) is 4.79 Å². The molecule has 1 fully saturated rings. The van der Waals surface area contributed by atoms with Gasteiger partial charge in [0.2, 0.25) is 0 Å². The Morgan fingerprint density at radius 1 is 1.68 bits per heavy atom. The van der Waals surface area contributed by atoms with Crippen molar-refractivity contribution in [1.82, 2.24) is 15.4 Å². The van der Waals surface area contributed by atoms with Crippen LogP contribution < -0.4 is 5.32 Å². The minimum absolute atomic E-state index is 0.0172. The molecule has 1 unspecified atom stereocenters. The number of likely N-dealkylation sites (tertiary alicyclic amines) is 1. The van der Waals surface area contributed by atoms with E-state index in [0.717, 1.165) is 37.3 Å². The number of ether oxygens (including phenoxy) is 1. The van der Waals surface area contributed by atoms with Crippen LogP contribution in [0, 0.1) is 6.92 Å². The number of nitrogens with one attached hydrogen (secondary N) is 1. The third kappa shape index (κ3) is 3.47.